The highest BCUT2D eigenvalue weighted by Crippen LogP contribution is 2.28. The topological polar surface area (TPSA) is 78.4 Å². The van der Waals surface area contributed by atoms with Crippen LogP contribution in [0.4, 0.5) is 4.79 Å². The number of rotatable bonds is 5. The summed E-state index contributed by atoms with van der Waals surface area (Å²) in [4.78, 5) is 22.2. The largest absolute Gasteiger partial charge is 0.481 e. The maximum atomic E-state index is 11.4. The summed E-state index contributed by atoms with van der Waals surface area (Å²) in [7, 11) is 0. The number of nitrogens with one attached hydrogen (secondary N) is 2. The number of aliphatic carboxylic acids is 1. The first-order valence-electron chi connectivity index (χ1n) is 5.69. The van der Waals surface area contributed by atoms with Crippen LogP contribution in [-0.2, 0) is 4.79 Å². The zero-order valence-corrected chi connectivity index (χ0v) is 9.99. The summed E-state index contributed by atoms with van der Waals surface area (Å²) in [6.07, 6.45) is 1.01. The van der Waals surface area contributed by atoms with E-state index in [1.807, 2.05) is 13.8 Å². The molecule has 0 bridgehead atoms. The molecule has 3 atom stereocenters. The summed E-state index contributed by atoms with van der Waals surface area (Å²) >= 11 is 0. The molecule has 1 rings (SSSR count). The van der Waals surface area contributed by atoms with Crippen molar-refractivity contribution in [3.8, 4) is 0 Å². The van der Waals surface area contributed by atoms with Crippen LogP contribution >= 0.6 is 0 Å². The molecule has 5 nitrogen and oxygen atoms in total. The average molecular weight is 228 g/mol. The van der Waals surface area contributed by atoms with Crippen LogP contribution in [-0.4, -0.2) is 29.7 Å². The fourth-order valence-electron chi connectivity index (χ4n) is 1.55. The van der Waals surface area contributed by atoms with Crippen LogP contribution in [0, 0.1) is 17.8 Å². The molecule has 0 saturated heterocycles. The van der Waals surface area contributed by atoms with Crippen molar-refractivity contribution in [2.24, 2.45) is 17.8 Å². The van der Waals surface area contributed by atoms with E-state index in [1.165, 1.54) is 0 Å². The highest BCUT2D eigenvalue weighted by Gasteiger charge is 2.34. The van der Waals surface area contributed by atoms with E-state index in [-0.39, 0.29) is 24.5 Å². The van der Waals surface area contributed by atoms with Gasteiger partial charge >= 0.3 is 12.0 Å². The minimum Gasteiger partial charge on any atom is -0.481 e. The van der Waals surface area contributed by atoms with E-state index in [2.05, 4.69) is 17.6 Å². The Morgan fingerprint density at radius 3 is 2.38 bits per heavy atom. The van der Waals surface area contributed by atoms with Crippen LogP contribution in [0.2, 0.25) is 0 Å². The standard InChI is InChI=1S/C11H20N2O3/c1-6(2)8(10(14)15)5-12-11(16)13-9-4-7(9)3/h6-9H,4-5H2,1-3H3,(H,14,15)(H2,12,13,16). The Bertz CT molecular complexity index is 278. The van der Waals surface area contributed by atoms with Gasteiger partial charge in [-0.1, -0.05) is 20.8 Å². The number of urea groups is 1. The molecule has 16 heavy (non-hydrogen) atoms. The second-order valence-corrected chi connectivity index (χ2v) is 4.86. The zero-order valence-electron chi connectivity index (χ0n) is 9.99. The van der Waals surface area contributed by atoms with E-state index in [4.69, 9.17) is 5.11 Å². The van der Waals surface area contributed by atoms with Gasteiger partial charge in [-0.3, -0.25) is 4.79 Å². The Labute approximate surface area is 95.6 Å². The van der Waals surface area contributed by atoms with Gasteiger partial charge in [-0.25, -0.2) is 4.79 Å². The normalized spacial score (nSPS) is 25.0. The third kappa shape index (κ3) is 3.72. The van der Waals surface area contributed by atoms with Gasteiger partial charge in [-0.05, 0) is 18.3 Å². The predicted molar refractivity (Wildman–Crippen MR) is 60.1 cm³/mol. The summed E-state index contributed by atoms with van der Waals surface area (Å²) in [5.74, 6) is -0.832. The van der Waals surface area contributed by atoms with Crippen LogP contribution in [0.25, 0.3) is 0 Å². The lowest BCUT2D eigenvalue weighted by molar-refractivity contribution is -0.142. The van der Waals surface area contributed by atoms with E-state index < -0.39 is 11.9 Å². The maximum Gasteiger partial charge on any atom is 0.315 e. The first-order valence-corrected chi connectivity index (χ1v) is 5.69. The summed E-state index contributed by atoms with van der Waals surface area (Å²) in [5, 5.41) is 14.3. The van der Waals surface area contributed by atoms with Crippen LogP contribution in [0.5, 0.6) is 0 Å². The number of carbonyl (C=O) groups is 2. The zero-order chi connectivity index (χ0) is 12.3. The van der Waals surface area contributed by atoms with Crippen molar-refractivity contribution in [3.63, 3.8) is 0 Å². The van der Waals surface area contributed by atoms with Gasteiger partial charge in [-0.15, -0.1) is 0 Å². The molecule has 0 aromatic heterocycles. The molecule has 1 aliphatic carbocycles. The average Bonchev–Trinajstić information content (AvgIpc) is 2.80. The van der Waals surface area contributed by atoms with E-state index in [0.29, 0.717) is 5.92 Å². The van der Waals surface area contributed by atoms with Crippen molar-refractivity contribution in [3.05, 3.63) is 0 Å². The second-order valence-electron chi connectivity index (χ2n) is 4.86. The Morgan fingerprint density at radius 2 is 2.00 bits per heavy atom. The lowest BCUT2D eigenvalue weighted by Gasteiger charge is -2.16. The first-order chi connectivity index (χ1) is 7.41. The second kappa shape index (κ2) is 5.18. The van der Waals surface area contributed by atoms with Crippen molar-refractivity contribution in [1.29, 1.82) is 0 Å². The van der Waals surface area contributed by atoms with Crippen molar-refractivity contribution < 1.29 is 14.7 Å². The van der Waals surface area contributed by atoms with Crippen LogP contribution in [0.3, 0.4) is 0 Å². The summed E-state index contributed by atoms with van der Waals surface area (Å²) in [6.45, 7) is 5.92. The quantitative estimate of drug-likeness (QED) is 0.658. The molecule has 1 aliphatic rings. The number of hydrogen-bond donors (Lipinski definition) is 3. The van der Waals surface area contributed by atoms with Gasteiger partial charge in [0.2, 0.25) is 0 Å². The highest BCUT2D eigenvalue weighted by atomic mass is 16.4. The van der Waals surface area contributed by atoms with Crippen LogP contribution in [0.15, 0.2) is 0 Å². The lowest BCUT2D eigenvalue weighted by atomic mass is 9.96. The molecule has 3 N–H and O–H groups in total. The number of carboxylic acids is 1. The Kier molecular flexibility index (Phi) is 4.15. The van der Waals surface area contributed by atoms with Crippen molar-refractivity contribution in [2.45, 2.75) is 33.2 Å². The molecule has 0 heterocycles. The molecule has 0 radical (unpaired) electrons. The van der Waals surface area contributed by atoms with Gasteiger partial charge in [0.05, 0.1) is 5.92 Å². The van der Waals surface area contributed by atoms with E-state index in [0.717, 1.165) is 6.42 Å². The molecule has 0 spiro atoms. The van der Waals surface area contributed by atoms with E-state index in [1.54, 1.807) is 0 Å². The van der Waals surface area contributed by atoms with Gasteiger partial charge in [0.15, 0.2) is 0 Å². The first kappa shape index (κ1) is 12.8. The molecule has 0 aromatic carbocycles. The maximum absolute atomic E-state index is 11.4. The molecule has 1 saturated carbocycles. The third-order valence-electron chi connectivity index (χ3n) is 3.03. The van der Waals surface area contributed by atoms with Crippen molar-refractivity contribution in [2.75, 3.05) is 6.54 Å². The molecule has 2 amide bonds. The predicted octanol–water partition coefficient (Wildman–Crippen LogP) is 1.05. The molecule has 5 heteroatoms. The molecule has 1 fully saturated rings. The van der Waals surface area contributed by atoms with E-state index >= 15 is 0 Å². The smallest absolute Gasteiger partial charge is 0.315 e. The molecule has 0 aromatic rings. The fourth-order valence-corrected chi connectivity index (χ4v) is 1.55. The monoisotopic (exact) mass is 228 g/mol. The van der Waals surface area contributed by atoms with Gasteiger partial charge in [0.25, 0.3) is 0 Å². The van der Waals surface area contributed by atoms with Gasteiger partial charge in [0.1, 0.15) is 0 Å². The fraction of sp³-hybridized carbons (Fsp3) is 0.818. The lowest BCUT2D eigenvalue weighted by Crippen LogP contribution is -2.42. The van der Waals surface area contributed by atoms with Gasteiger partial charge in [-0.2, -0.15) is 0 Å². The van der Waals surface area contributed by atoms with Gasteiger partial charge < -0.3 is 15.7 Å². The van der Waals surface area contributed by atoms with Crippen molar-refractivity contribution in [1.82, 2.24) is 10.6 Å². The number of amides is 2. The minimum absolute atomic E-state index is 0.0117. The Balaban J connectivity index is 2.26. The molecule has 3 unspecified atom stereocenters. The molecule has 0 aliphatic heterocycles. The molecular weight excluding hydrogens is 208 g/mol. The van der Waals surface area contributed by atoms with E-state index in [9.17, 15) is 9.59 Å². The molecule has 92 valence electrons. The minimum atomic E-state index is -0.866. The Morgan fingerprint density at radius 1 is 1.44 bits per heavy atom. The van der Waals surface area contributed by atoms with Crippen LogP contribution < -0.4 is 10.6 Å². The number of hydrogen-bond acceptors (Lipinski definition) is 2. The molecular formula is C11H20N2O3. The summed E-state index contributed by atoms with van der Waals surface area (Å²) in [6, 6.07) is 0.00331. The van der Waals surface area contributed by atoms with Crippen molar-refractivity contribution >= 4 is 12.0 Å². The number of carbonyl (C=O) groups excluding carboxylic acids is 1. The van der Waals surface area contributed by atoms with Gasteiger partial charge in [0, 0.05) is 12.6 Å². The summed E-state index contributed by atoms with van der Waals surface area (Å²) < 4.78 is 0. The Hall–Kier alpha value is -1.26. The summed E-state index contributed by atoms with van der Waals surface area (Å²) in [5.41, 5.74) is 0. The van der Waals surface area contributed by atoms with Crippen LogP contribution in [0.1, 0.15) is 27.2 Å². The number of carboxylic acid groups (broad SMARTS) is 1. The third-order valence-corrected chi connectivity index (χ3v) is 3.03. The highest BCUT2D eigenvalue weighted by molar-refractivity contribution is 5.76. The SMILES string of the molecule is CC(C)C(CNC(=O)NC1CC1C)C(=O)O.